The highest BCUT2D eigenvalue weighted by molar-refractivity contribution is 9.10. The second kappa shape index (κ2) is 6.51. The fourth-order valence-electron chi connectivity index (χ4n) is 1.98. The van der Waals surface area contributed by atoms with Gasteiger partial charge in [0.1, 0.15) is 5.82 Å². The maximum atomic E-state index is 13.4. The summed E-state index contributed by atoms with van der Waals surface area (Å²) < 4.78 is 14.5. The van der Waals surface area contributed by atoms with Gasteiger partial charge in [0.2, 0.25) is 0 Å². The first-order valence-corrected chi connectivity index (χ1v) is 7.14. The van der Waals surface area contributed by atoms with Crippen LogP contribution in [0.5, 0.6) is 0 Å². The van der Waals surface area contributed by atoms with E-state index in [1.165, 1.54) is 11.6 Å². The van der Waals surface area contributed by atoms with Crippen LogP contribution in [0.25, 0.3) is 0 Å². The molecule has 0 saturated heterocycles. The third-order valence-corrected chi connectivity index (χ3v) is 3.88. The van der Waals surface area contributed by atoms with Crippen LogP contribution in [0.4, 0.5) is 4.39 Å². The number of likely N-dealkylation sites (N-methyl/N-ethyl adjacent to an activating group) is 1. The molecule has 1 nitrogen and oxygen atoms in total. The van der Waals surface area contributed by atoms with E-state index in [1.807, 2.05) is 25.2 Å². The van der Waals surface area contributed by atoms with Crippen LogP contribution in [0.2, 0.25) is 5.02 Å². The van der Waals surface area contributed by atoms with Crippen molar-refractivity contribution in [3.8, 4) is 0 Å². The van der Waals surface area contributed by atoms with Crippen molar-refractivity contribution in [1.82, 2.24) is 5.32 Å². The lowest BCUT2D eigenvalue weighted by Gasteiger charge is -2.17. The Morgan fingerprint density at radius 2 is 1.89 bits per heavy atom. The Hall–Kier alpha value is -0.900. The van der Waals surface area contributed by atoms with Gasteiger partial charge in [0.25, 0.3) is 0 Å². The molecule has 4 heteroatoms. The molecule has 0 aliphatic heterocycles. The van der Waals surface area contributed by atoms with E-state index in [9.17, 15) is 4.39 Å². The van der Waals surface area contributed by atoms with Crippen molar-refractivity contribution in [3.63, 3.8) is 0 Å². The van der Waals surface area contributed by atoms with Crippen LogP contribution < -0.4 is 5.32 Å². The van der Waals surface area contributed by atoms with Crippen molar-refractivity contribution in [1.29, 1.82) is 0 Å². The molecule has 2 aromatic rings. The zero-order chi connectivity index (χ0) is 13.8. The Labute approximate surface area is 125 Å². The Bertz CT molecular complexity index is 557. The zero-order valence-corrected chi connectivity index (χ0v) is 12.8. The topological polar surface area (TPSA) is 12.0 Å². The van der Waals surface area contributed by atoms with Crippen molar-refractivity contribution < 1.29 is 4.39 Å². The van der Waals surface area contributed by atoms with Gasteiger partial charge in [-0.25, -0.2) is 4.39 Å². The van der Waals surface area contributed by atoms with E-state index in [0.717, 1.165) is 10.0 Å². The number of rotatable bonds is 4. The van der Waals surface area contributed by atoms with Gasteiger partial charge < -0.3 is 5.32 Å². The fourth-order valence-corrected chi connectivity index (χ4v) is 2.37. The summed E-state index contributed by atoms with van der Waals surface area (Å²) in [6.45, 7) is 0. The minimum absolute atomic E-state index is 0.147. The molecule has 0 aliphatic carbocycles. The number of hydrogen-bond acceptors (Lipinski definition) is 1. The van der Waals surface area contributed by atoms with Crippen LogP contribution in [0.15, 0.2) is 46.9 Å². The summed E-state index contributed by atoms with van der Waals surface area (Å²) in [5.74, 6) is -0.371. The molecule has 1 unspecified atom stereocenters. The minimum atomic E-state index is -0.371. The maximum Gasteiger partial charge on any atom is 0.142 e. The van der Waals surface area contributed by atoms with Crippen LogP contribution in [-0.2, 0) is 6.42 Å². The largest absolute Gasteiger partial charge is 0.313 e. The second-order valence-corrected chi connectivity index (χ2v) is 5.67. The Morgan fingerprint density at radius 1 is 1.21 bits per heavy atom. The molecular formula is C15H14BrClFN. The molecule has 19 heavy (non-hydrogen) atoms. The summed E-state index contributed by atoms with van der Waals surface area (Å²) in [6.07, 6.45) is 0.715. The van der Waals surface area contributed by atoms with E-state index in [2.05, 4.69) is 33.4 Å². The third kappa shape index (κ3) is 3.78. The first kappa shape index (κ1) is 14.5. The first-order chi connectivity index (χ1) is 9.10. The highest BCUT2D eigenvalue weighted by Gasteiger charge is 2.11. The van der Waals surface area contributed by atoms with E-state index in [4.69, 9.17) is 11.6 Å². The molecule has 0 fully saturated rings. The van der Waals surface area contributed by atoms with E-state index in [-0.39, 0.29) is 16.9 Å². The summed E-state index contributed by atoms with van der Waals surface area (Å²) >= 11 is 9.11. The predicted octanol–water partition coefficient (Wildman–Crippen LogP) is 4.74. The van der Waals surface area contributed by atoms with Crippen LogP contribution in [0.3, 0.4) is 0 Å². The smallest absolute Gasteiger partial charge is 0.142 e. The van der Waals surface area contributed by atoms with E-state index < -0.39 is 0 Å². The van der Waals surface area contributed by atoms with Crippen molar-refractivity contribution in [3.05, 3.63) is 68.9 Å². The van der Waals surface area contributed by atoms with Gasteiger partial charge in [-0.05, 0) is 48.9 Å². The van der Waals surface area contributed by atoms with Gasteiger partial charge in [-0.3, -0.25) is 0 Å². The van der Waals surface area contributed by atoms with Crippen molar-refractivity contribution >= 4 is 27.5 Å². The lowest BCUT2D eigenvalue weighted by Crippen LogP contribution is -2.18. The number of benzene rings is 2. The fraction of sp³-hybridized carbons (Fsp3) is 0.200. The molecular weight excluding hydrogens is 329 g/mol. The molecule has 0 amide bonds. The lowest BCUT2D eigenvalue weighted by atomic mass is 9.99. The molecule has 0 aliphatic rings. The average Bonchev–Trinajstić information content (AvgIpc) is 2.41. The van der Waals surface area contributed by atoms with Gasteiger partial charge in [-0.15, -0.1) is 0 Å². The first-order valence-electron chi connectivity index (χ1n) is 5.97. The maximum absolute atomic E-state index is 13.4. The summed E-state index contributed by atoms with van der Waals surface area (Å²) in [5.41, 5.74) is 2.09. The molecule has 0 saturated carbocycles. The number of halogens is 3. The number of nitrogens with one attached hydrogen (secondary N) is 1. The Balaban J connectivity index is 2.18. The SMILES string of the molecule is CNC(Cc1ccc(Cl)c(F)c1)c1ccc(Br)cc1. The average molecular weight is 343 g/mol. The summed E-state index contributed by atoms with van der Waals surface area (Å²) in [7, 11) is 1.90. The van der Waals surface area contributed by atoms with Gasteiger partial charge in [0.05, 0.1) is 5.02 Å². The molecule has 0 heterocycles. The van der Waals surface area contributed by atoms with E-state index in [1.54, 1.807) is 6.07 Å². The van der Waals surface area contributed by atoms with Gasteiger partial charge in [0.15, 0.2) is 0 Å². The molecule has 2 aromatic carbocycles. The molecule has 0 bridgehead atoms. The normalized spacial score (nSPS) is 12.4. The monoisotopic (exact) mass is 341 g/mol. The Morgan fingerprint density at radius 3 is 2.47 bits per heavy atom. The van der Waals surface area contributed by atoms with Gasteiger partial charge in [0, 0.05) is 10.5 Å². The molecule has 2 rings (SSSR count). The van der Waals surface area contributed by atoms with Gasteiger partial charge in [-0.2, -0.15) is 0 Å². The van der Waals surface area contributed by atoms with E-state index in [0.29, 0.717) is 6.42 Å². The minimum Gasteiger partial charge on any atom is -0.313 e. The molecule has 0 spiro atoms. The van der Waals surface area contributed by atoms with Gasteiger partial charge in [-0.1, -0.05) is 45.7 Å². The second-order valence-electron chi connectivity index (χ2n) is 4.35. The van der Waals surface area contributed by atoms with Gasteiger partial charge >= 0.3 is 0 Å². The standard InChI is InChI=1S/C15H14BrClFN/c1-19-15(11-3-5-12(16)6-4-11)9-10-2-7-13(17)14(18)8-10/h2-8,15,19H,9H2,1H3. The molecule has 1 atom stereocenters. The van der Waals surface area contributed by atoms with E-state index >= 15 is 0 Å². The molecule has 1 N–H and O–H groups in total. The summed E-state index contributed by atoms with van der Waals surface area (Å²) in [6, 6.07) is 13.2. The number of hydrogen-bond donors (Lipinski definition) is 1. The van der Waals surface area contributed by atoms with Crippen molar-refractivity contribution in [2.24, 2.45) is 0 Å². The Kier molecular flexibility index (Phi) is 4.97. The summed E-state index contributed by atoms with van der Waals surface area (Å²) in [5, 5.41) is 3.41. The predicted molar refractivity (Wildman–Crippen MR) is 81.1 cm³/mol. The molecule has 100 valence electrons. The van der Waals surface area contributed by atoms with Crippen LogP contribution in [0, 0.1) is 5.82 Å². The summed E-state index contributed by atoms with van der Waals surface area (Å²) in [4.78, 5) is 0. The third-order valence-electron chi connectivity index (χ3n) is 3.04. The van der Waals surface area contributed by atoms with Crippen LogP contribution >= 0.6 is 27.5 Å². The highest BCUT2D eigenvalue weighted by atomic mass is 79.9. The lowest BCUT2D eigenvalue weighted by molar-refractivity contribution is 0.584. The van der Waals surface area contributed by atoms with Crippen LogP contribution in [0.1, 0.15) is 17.2 Å². The van der Waals surface area contributed by atoms with Crippen molar-refractivity contribution in [2.45, 2.75) is 12.5 Å². The quantitative estimate of drug-likeness (QED) is 0.846. The van der Waals surface area contributed by atoms with Crippen LogP contribution in [-0.4, -0.2) is 7.05 Å². The molecule has 0 radical (unpaired) electrons. The zero-order valence-electron chi connectivity index (χ0n) is 10.5. The highest BCUT2D eigenvalue weighted by Crippen LogP contribution is 2.22. The van der Waals surface area contributed by atoms with Crippen molar-refractivity contribution in [2.75, 3.05) is 7.05 Å². The molecule has 0 aromatic heterocycles.